The Hall–Kier alpha value is -4.25. The Morgan fingerprint density at radius 1 is 1.13 bits per heavy atom. The molecule has 3 aromatic heterocycles. The van der Waals surface area contributed by atoms with E-state index in [1.54, 1.807) is 18.5 Å². The number of carbonyl (C=O) groups excluding carboxylic acids is 1. The summed E-state index contributed by atoms with van der Waals surface area (Å²) in [5, 5.41) is 6.11. The maximum Gasteiger partial charge on any atom is 0.316 e. The first-order valence-corrected chi connectivity index (χ1v) is 13.0. The first-order chi connectivity index (χ1) is 18.9. The number of hydrogen-bond donors (Lipinski definition) is 2. The molecule has 0 unspecified atom stereocenters. The van der Waals surface area contributed by atoms with Gasteiger partial charge in [0.2, 0.25) is 0 Å². The van der Waals surface area contributed by atoms with E-state index < -0.39 is 5.82 Å². The van der Waals surface area contributed by atoms with Gasteiger partial charge in [-0.05, 0) is 37.6 Å². The van der Waals surface area contributed by atoms with E-state index in [9.17, 15) is 9.18 Å². The second kappa shape index (κ2) is 11.6. The summed E-state index contributed by atoms with van der Waals surface area (Å²) in [4.78, 5) is 36.4. The number of pyridine rings is 1. The van der Waals surface area contributed by atoms with Gasteiger partial charge in [0, 0.05) is 68.2 Å². The average Bonchev–Trinajstić information content (AvgIpc) is 2.97. The van der Waals surface area contributed by atoms with Crippen LogP contribution in [0.1, 0.15) is 41.6 Å². The molecule has 1 fully saturated rings. The van der Waals surface area contributed by atoms with E-state index in [1.165, 1.54) is 31.7 Å². The summed E-state index contributed by atoms with van der Waals surface area (Å²) < 4.78 is 20.7. The van der Waals surface area contributed by atoms with Crippen LogP contribution in [0.2, 0.25) is 0 Å². The molecule has 1 aliphatic rings. The molecule has 4 aromatic rings. The molecule has 1 saturated heterocycles. The van der Waals surface area contributed by atoms with Crippen LogP contribution in [0.15, 0.2) is 49.2 Å². The molecule has 1 aromatic carbocycles. The molecule has 10 nitrogen and oxygen atoms in total. The number of ether oxygens (including phenoxy) is 1. The van der Waals surface area contributed by atoms with Crippen LogP contribution < -0.4 is 15.4 Å². The lowest BCUT2D eigenvalue weighted by Gasteiger charge is -2.28. The van der Waals surface area contributed by atoms with Crippen LogP contribution in [0.3, 0.4) is 0 Å². The lowest BCUT2D eigenvalue weighted by Crippen LogP contribution is -2.35. The molecule has 39 heavy (non-hydrogen) atoms. The van der Waals surface area contributed by atoms with Gasteiger partial charge in [0.1, 0.15) is 24.1 Å². The van der Waals surface area contributed by atoms with Crippen molar-refractivity contribution in [3.05, 3.63) is 66.1 Å². The first-order valence-electron chi connectivity index (χ1n) is 13.0. The van der Waals surface area contributed by atoms with Crippen LogP contribution in [0.4, 0.5) is 10.2 Å². The molecule has 4 heterocycles. The standard InChI is InChI=1S/C28H31FN8O2/c1-17(20-4-5-22(29)25-21(27(38)30-2)6-9-31-26(20)25)13-32-24-12-23(35-16-36-24)18-14-33-28(34-15-18)39-19-7-10-37(3)11-8-19/h4-6,9,12,14-17,19H,7-8,10-11,13H2,1-3H3,(H,30,38)(H,32,35,36)/t17-/m1/s1. The Labute approximate surface area is 226 Å². The number of carbonyl (C=O) groups is 1. The number of rotatable bonds is 8. The van der Waals surface area contributed by atoms with E-state index in [4.69, 9.17) is 4.74 Å². The minimum Gasteiger partial charge on any atom is -0.460 e. The zero-order valence-electron chi connectivity index (χ0n) is 22.2. The maximum absolute atomic E-state index is 14.7. The van der Waals surface area contributed by atoms with Crippen molar-refractivity contribution in [3.8, 4) is 17.3 Å². The van der Waals surface area contributed by atoms with E-state index in [0.717, 1.165) is 37.1 Å². The molecule has 0 bridgehead atoms. The Balaban J connectivity index is 1.27. The van der Waals surface area contributed by atoms with Crippen molar-refractivity contribution in [2.45, 2.75) is 31.8 Å². The van der Waals surface area contributed by atoms with Crippen LogP contribution in [-0.2, 0) is 0 Å². The third-order valence-electron chi connectivity index (χ3n) is 6.99. The van der Waals surface area contributed by atoms with E-state index in [1.807, 2.05) is 13.0 Å². The predicted octanol–water partition coefficient (Wildman–Crippen LogP) is 3.67. The van der Waals surface area contributed by atoms with Gasteiger partial charge in [0.15, 0.2) is 0 Å². The number of likely N-dealkylation sites (tertiary alicyclic amines) is 1. The van der Waals surface area contributed by atoms with Gasteiger partial charge in [0.25, 0.3) is 5.91 Å². The monoisotopic (exact) mass is 530 g/mol. The van der Waals surface area contributed by atoms with Crippen molar-refractivity contribution in [2.75, 3.05) is 39.0 Å². The number of amides is 1. The van der Waals surface area contributed by atoms with Crippen LogP contribution in [0, 0.1) is 5.82 Å². The molecule has 0 aliphatic carbocycles. The molecule has 11 heteroatoms. The summed E-state index contributed by atoms with van der Waals surface area (Å²) in [5.41, 5.74) is 2.98. The van der Waals surface area contributed by atoms with Gasteiger partial charge >= 0.3 is 6.01 Å². The number of hydrogen-bond acceptors (Lipinski definition) is 9. The fraction of sp³-hybridized carbons (Fsp3) is 0.357. The molecule has 0 radical (unpaired) electrons. The molecule has 0 spiro atoms. The fourth-order valence-corrected chi connectivity index (χ4v) is 4.71. The Morgan fingerprint density at radius 2 is 1.90 bits per heavy atom. The van der Waals surface area contributed by atoms with Crippen molar-refractivity contribution >= 4 is 22.6 Å². The van der Waals surface area contributed by atoms with Crippen molar-refractivity contribution in [2.24, 2.45) is 0 Å². The maximum atomic E-state index is 14.7. The van der Waals surface area contributed by atoms with Gasteiger partial charge < -0.3 is 20.3 Å². The largest absolute Gasteiger partial charge is 0.460 e. The second-order valence-electron chi connectivity index (χ2n) is 9.74. The summed E-state index contributed by atoms with van der Waals surface area (Å²) in [5.74, 6) is -0.267. The van der Waals surface area contributed by atoms with Gasteiger partial charge in [-0.25, -0.2) is 24.3 Å². The van der Waals surface area contributed by atoms with Gasteiger partial charge in [-0.3, -0.25) is 9.78 Å². The lowest BCUT2D eigenvalue weighted by molar-refractivity contribution is 0.0964. The highest BCUT2D eigenvalue weighted by molar-refractivity contribution is 6.06. The Morgan fingerprint density at radius 3 is 2.64 bits per heavy atom. The highest BCUT2D eigenvalue weighted by atomic mass is 19.1. The topological polar surface area (TPSA) is 118 Å². The Kier molecular flexibility index (Phi) is 7.87. The molecule has 202 valence electrons. The van der Waals surface area contributed by atoms with Gasteiger partial charge in [-0.2, -0.15) is 0 Å². The predicted molar refractivity (Wildman–Crippen MR) is 146 cm³/mol. The summed E-state index contributed by atoms with van der Waals surface area (Å²) in [7, 11) is 3.63. The molecule has 1 amide bonds. The minimum atomic E-state index is -0.481. The highest BCUT2D eigenvalue weighted by Crippen LogP contribution is 2.29. The van der Waals surface area contributed by atoms with Crippen LogP contribution in [-0.4, -0.2) is 75.6 Å². The quantitative estimate of drug-likeness (QED) is 0.352. The van der Waals surface area contributed by atoms with Gasteiger partial charge in [-0.15, -0.1) is 0 Å². The SMILES string of the molecule is CNC(=O)c1ccnc2c([C@H](C)CNc3cc(-c4cnc(OC5CCN(C)CC5)nc4)ncn3)ccc(F)c12. The van der Waals surface area contributed by atoms with E-state index in [2.05, 4.69) is 47.5 Å². The number of halogens is 1. The van der Waals surface area contributed by atoms with Gasteiger partial charge in [0.05, 0.1) is 16.8 Å². The van der Waals surface area contributed by atoms with Gasteiger partial charge in [-0.1, -0.05) is 13.0 Å². The molecule has 0 saturated carbocycles. The van der Waals surface area contributed by atoms with Crippen molar-refractivity contribution in [1.29, 1.82) is 0 Å². The molecule has 5 rings (SSSR count). The number of piperidine rings is 1. The van der Waals surface area contributed by atoms with Crippen LogP contribution in [0.5, 0.6) is 6.01 Å². The number of nitrogens with zero attached hydrogens (tertiary/aromatic N) is 6. The Bertz CT molecular complexity index is 1460. The van der Waals surface area contributed by atoms with Crippen LogP contribution in [0.25, 0.3) is 22.2 Å². The third kappa shape index (κ3) is 5.93. The van der Waals surface area contributed by atoms with E-state index >= 15 is 0 Å². The van der Waals surface area contributed by atoms with Crippen LogP contribution >= 0.6 is 0 Å². The zero-order chi connectivity index (χ0) is 27.4. The molecular formula is C28H31FN8O2. The summed E-state index contributed by atoms with van der Waals surface area (Å²) in [6, 6.07) is 6.81. The van der Waals surface area contributed by atoms with Crippen molar-refractivity contribution in [1.82, 2.24) is 35.1 Å². The molecular weight excluding hydrogens is 499 g/mol. The number of benzene rings is 1. The average molecular weight is 531 g/mol. The minimum absolute atomic E-state index is 0.0571. The normalized spacial score (nSPS) is 15.2. The van der Waals surface area contributed by atoms with Crippen molar-refractivity contribution in [3.63, 3.8) is 0 Å². The highest BCUT2D eigenvalue weighted by Gasteiger charge is 2.20. The van der Waals surface area contributed by atoms with E-state index in [-0.39, 0.29) is 28.9 Å². The number of nitrogens with one attached hydrogen (secondary N) is 2. The summed E-state index contributed by atoms with van der Waals surface area (Å²) >= 11 is 0. The third-order valence-corrected chi connectivity index (χ3v) is 6.99. The molecule has 2 N–H and O–H groups in total. The summed E-state index contributed by atoms with van der Waals surface area (Å²) in [6.45, 7) is 4.52. The number of anilines is 1. The fourth-order valence-electron chi connectivity index (χ4n) is 4.71. The number of aromatic nitrogens is 5. The van der Waals surface area contributed by atoms with E-state index in [0.29, 0.717) is 29.6 Å². The smallest absolute Gasteiger partial charge is 0.316 e. The second-order valence-corrected chi connectivity index (χ2v) is 9.74. The molecule has 1 aliphatic heterocycles. The molecule has 1 atom stereocenters. The number of fused-ring (bicyclic) bond motifs is 1. The first kappa shape index (κ1) is 26.4. The summed E-state index contributed by atoms with van der Waals surface area (Å²) in [6.07, 6.45) is 8.46. The zero-order valence-corrected chi connectivity index (χ0v) is 22.2. The van der Waals surface area contributed by atoms with Crippen molar-refractivity contribution < 1.29 is 13.9 Å². The lowest BCUT2D eigenvalue weighted by atomic mass is 9.95.